The number of aryl methyl sites for hydroxylation is 1. The van der Waals surface area contributed by atoms with Crippen LogP contribution in [0.15, 0.2) is 29.6 Å². The lowest BCUT2D eigenvalue weighted by Crippen LogP contribution is -2.20. The van der Waals surface area contributed by atoms with Crippen LogP contribution in [0.4, 0.5) is 17.2 Å². The Labute approximate surface area is 176 Å². The molecule has 3 aromatic rings. The Hall–Kier alpha value is -3.69. The molecule has 0 saturated heterocycles. The van der Waals surface area contributed by atoms with Crippen LogP contribution in [0.3, 0.4) is 0 Å². The molecule has 160 valence electrons. The maximum Gasteiger partial charge on any atom is 0.339 e. The van der Waals surface area contributed by atoms with Crippen LogP contribution < -0.4 is 16.2 Å². The Morgan fingerprint density at radius 2 is 1.97 bits per heavy atom. The summed E-state index contributed by atoms with van der Waals surface area (Å²) >= 11 is 0. The first kappa shape index (κ1) is 19.3. The van der Waals surface area contributed by atoms with Crippen molar-refractivity contribution in [3.05, 3.63) is 40.7 Å². The summed E-state index contributed by atoms with van der Waals surface area (Å²) in [6.07, 6.45) is 8.27. The van der Waals surface area contributed by atoms with Gasteiger partial charge in [0.05, 0.1) is 17.7 Å². The second-order valence-electron chi connectivity index (χ2n) is 8.02. The van der Waals surface area contributed by atoms with Crippen LogP contribution >= 0.6 is 0 Å². The number of hydrogen-bond donors (Lipinski definition) is 3. The fraction of sp³-hybridized carbons (Fsp3) is 0.381. The van der Waals surface area contributed by atoms with Crippen molar-refractivity contribution in [2.24, 2.45) is 5.92 Å². The van der Waals surface area contributed by atoms with Crippen molar-refractivity contribution in [2.45, 2.75) is 45.2 Å². The number of fused-ring (bicyclic) bond motifs is 1. The molecular weight excluding hydrogens is 400 g/mol. The SMILES string of the molecule is CCn1cnc2c(c(Nc3cc(NC(=O)C4CC4)ncc3C(=O)O)cn2C2CC2)c1=O. The van der Waals surface area contributed by atoms with E-state index in [0.29, 0.717) is 23.3 Å². The predicted octanol–water partition coefficient (Wildman–Crippen LogP) is 2.74. The van der Waals surface area contributed by atoms with Gasteiger partial charge in [-0.2, -0.15) is 0 Å². The van der Waals surface area contributed by atoms with E-state index in [-0.39, 0.29) is 40.5 Å². The van der Waals surface area contributed by atoms with Crippen molar-refractivity contribution in [1.29, 1.82) is 0 Å². The first-order chi connectivity index (χ1) is 15.0. The van der Waals surface area contributed by atoms with Crippen LogP contribution in [0.25, 0.3) is 11.0 Å². The summed E-state index contributed by atoms with van der Waals surface area (Å²) in [5.74, 6) is -1.03. The molecule has 3 N–H and O–H groups in total. The van der Waals surface area contributed by atoms with E-state index in [2.05, 4.69) is 20.6 Å². The van der Waals surface area contributed by atoms with Gasteiger partial charge >= 0.3 is 5.97 Å². The first-order valence-electron chi connectivity index (χ1n) is 10.4. The predicted molar refractivity (Wildman–Crippen MR) is 114 cm³/mol. The second kappa shape index (κ2) is 7.22. The van der Waals surface area contributed by atoms with Crippen molar-refractivity contribution in [3.63, 3.8) is 0 Å². The number of pyridine rings is 1. The van der Waals surface area contributed by atoms with Crippen molar-refractivity contribution in [2.75, 3.05) is 10.6 Å². The number of aromatic carboxylic acids is 1. The molecule has 10 nitrogen and oxygen atoms in total. The lowest BCUT2D eigenvalue weighted by molar-refractivity contribution is -0.117. The van der Waals surface area contributed by atoms with Crippen LogP contribution in [-0.4, -0.2) is 36.1 Å². The number of anilines is 3. The van der Waals surface area contributed by atoms with Crippen molar-refractivity contribution >= 4 is 40.1 Å². The van der Waals surface area contributed by atoms with Gasteiger partial charge in [0.2, 0.25) is 5.91 Å². The largest absolute Gasteiger partial charge is 0.478 e. The van der Waals surface area contributed by atoms with Crippen LogP contribution in [0.2, 0.25) is 0 Å². The molecule has 0 radical (unpaired) electrons. The van der Waals surface area contributed by atoms with E-state index >= 15 is 0 Å². The number of carbonyl (C=O) groups excluding carboxylic acids is 1. The van der Waals surface area contributed by atoms with Crippen LogP contribution in [0, 0.1) is 5.92 Å². The molecule has 5 rings (SSSR count). The highest BCUT2D eigenvalue weighted by molar-refractivity contribution is 6.00. The molecule has 2 fully saturated rings. The van der Waals surface area contributed by atoms with E-state index in [1.54, 1.807) is 0 Å². The number of hydrogen-bond acceptors (Lipinski definition) is 6. The van der Waals surface area contributed by atoms with E-state index in [0.717, 1.165) is 25.7 Å². The van der Waals surface area contributed by atoms with Crippen LogP contribution in [-0.2, 0) is 11.3 Å². The molecule has 0 unspecified atom stereocenters. The monoisotopic (exact) mass is 422 g/mol. The Kier molecular flexibility index (Phi) is 4.49. The summed E-state index contributed by atoms with van der Waals surface area (Å²) < 4.78 is 3.48. The Morgan fingerprint density at radius 3 is 2.61 bits per heavy atom. The maximum absolute atomic E-state index is 13.0. The number of aromatic nitrogens is 4. The average molecular weight is 422 g/mol. The highest BCUT2D eigenvalue weighted by Crippen LogP contribution is 2.40. The molecule has 0 aliphatic heterocycles. The van der Waals surface area contributed by atoms with E-state index in [1.165, 1.54) is 23.2 Å². The number of carbonyl (C=O) groups is 2. The Balaban J connectivity index is 1.59. The number of carboxylic acids is 1. The molecule has 0 spiro atoms. The van der Waals surface area contributed by atoms with Gasteiger partial charge in [-0.25, -0.2) is 14.8 Å². The lowest BCUT2D eigenvalue weighted by Gasteiger charge is -2.11. The quantitative estimate of drug-likeness (QED) is 0.533. The number of rotatable bonds is 7. The average Bonchev–Trinajstić information content (AvgIpc) is 3.66. The van der Waals surface area contributed by atoms with E-state index in [9.17, 15) is 19.5 Å². The van der Waals surface area contributed by atoms with Crippen molar-refractivity contribution < 1.29 is 14.7 Å². The summed E-state index contributed by atoms with van der Waals surface area (Å²) in [5.41, 5.74) is 1.05. The zero-order valence-electron chi connectivity index (χ0n) is 17.0. The molecule has 31 heavy (non-hydrogen) atoms. The van der Waals surface area contributed by atoms with Gasteiger partial charge in [0.1, 0.15) is 22.4 Å². The van der Waals surface area contributed by atoms with Gasteiger partial charge in [0.15, 0.2) is 0 Å². The van der Waals surface area contributed by atoms with Gasteiger partial charge in [-0.05, 0) is 32.6 Å². The second-order valence-corrected chi connectivity index (χ2v) is 8.02. The third kappa shape index (κ3) is 3.54. The van der Waals surface area contributed by atoms with Gasteiger partial charge in [0, 0.05) is 37.0 Å². The molecule has 2 saturated carbocycles. The highest BCUT2D eigenvalue weighted by atomic mass is 16.4. The Morgan fingerprint density at radius 1 is 1.19 bits per heavy atom. The standard InChI is InChI=1S/C21H22N6O4/c1-2-26-10-23-18-17(20(26)29)15(9-27(18)12-5-6-12)24-14-7-16(22-8-13(14)21(30)31)25-19(28)11-3-4-11/h7-12H,2-6H2,1H3,(H,30,31)(H2,22,24,25,28). The minimum Gasteiger partial charge on any atom is -0.478 e. The smallest absolute Gasteiger partial charge is 0.339 e. The summed E-state index contributed by atoms with van der Waals surface area (Å²) in [4.78, 5) is 45.4. The topological polar surface area (TPSA) is 131 Å². The minimum absolute atomic E-state index is 0.00698. The van der Waals surface area contributed by atoms with Crippen molar-refractivity contribution in [3.8, 4) is 0 Å². The molecule has 3 heterocycles. The van der Waals surface area contributed by atoms with Gasteiger partial charge in [-0.15, -0.1) is 0 Å². The van der Waals surface area contributed by atoms with Crippen LogP contribution in [0.5, 0.6) is 0 Å². The Bertz CT molecular complexity index is 1270. The first-order valence-corrected chi connectivity index (χ1v) is 10.4. The summed E-state index contributed by atoms with van der Waals surface area (Å²) in [6.45, 7) is 2.34. The molecule has 0 atom stereocenters. The normalized spacial score (nSPS) is 15.8. The van der Waals surface area contributed by atoms with E-state index < -0.39 is 5.97 Å². The molecule has 2 aliphatic carbocycles. The summed E-state index contributed by atoms with van der Waals surface area (Å²) in [6, 6.07) is 1.77. The zero-order chi connectivity index (χ0) is 21.7. The molecule has 3 aromatic heterocycles. The van der Waals surface area contributed by atoms with Gasteiger partial charge in [-0.3, -0.25) is 14.2 Å². The number of nitrogens with one attached hydrogen (secondary N) is 2. The number of nitrogens with zero attached hydrogens (tertiary/aromatic N) is 4. The molecule has 1 amide bonds. The van der Waals surface area contributed by atoms with Crippen molar-refractivity contribution in [1.82, 2.24) is 19.1 Å². The third-order valence-electron chi connectivity index (χ3n) is 5.68. The maximum atomic E-state index is 13.0. The van der Waals surface area contributed by atoms with Gasteiger partial charge in [0.25, 0.3) is 5.56 Å². The van der Waals surface area contributed by atoms with Gasteiger partial charge < -0.3 is 20.3 Å². The molecule has 0 aromatic carbocycles. The highest BCUT2D eigenvalue weighted by Gasteiger charge is 2.30. The molecule has 10 heteroatoms. The molecule has 0 bridgehead atoms. The summed E-state index contributed by atoms with van der Waals surface area (Å²) in [7, 11) is 0. The van der Waals surface area contributed by atoms with Gasteiger partial charge in [-0.1, -0.05) is 0 Å². The van der Waals surface area contributed by atoms with E-state index in [1.807, 2.05) is 17.7 Å². The minimum atomic E-state index is -1.16. The third-order valence-corrected chi connectivity index (χ3v) is 5.68. The lowest BCUT2D eigenvalue weighted by atomic mass is 10.2. The number of carboxylic acid groups (broad SMARTS) is 1. The zero-order valence-corrected chi connectivity index (χ0v) is 17.0. The number of amides is 1. The van der Waals surface area contributed by atoms with E-state index in [4.69, 9.17) is 0 Å². The fourth-order valence-corrected chi connectivity index (χ4v) is 3.64. The van der Waals surface area contributed by atoms with Crippen LogP contribution in [0.1, 0.15) is 49.0 Å². The summed E-state index contributed by atoms with van der Waals surface area (Å²) in [5, 5.41) is 15.9. The molecule has 2 aliphatic rings. The molecular formula is C21H22N6O4. The fourth-order valence-electron chi connectivity index (χ4n) is 3.64.